The van der Waals surface area contributed by atoms with Crippen LogP contribution < -0.4 is 10.5 Å². The number of rotatable bonds is 5. The molecular formula is C15H21NO2. The van der Waals surface area contributed by atoms with Crippen molar-refractivity contribution in [2.24, 2.45) is 11.7 Å². The quantitative estimate of drug-likeness (QED) is 0.642. The molecule has 98 valence electrons. The van der Waals surface area contributed by atoms with E-state index < -0.39 is 0 Å². The second-order valence-electron chi connectivity index (χ2n) is 5.44. The highest BCUT2D eigenvalue weighted by molar-refractivity contribution is 5.38. The summed E-state index contributed by atoms with van der Waals surface area (Å²) in [6.07, 6.45) is 6.04. The van der Waals surface area contributed by atoms with E-state index in [1.807, 2.05) is 6.07 Å². The van der Waals surface area contributed by atoms with E-state index in [4.69, 9.17) is 15.2 Å². The van der Waals surface area contributed by atoms with Gasteiger partial charge in [0.05, 0.1) is 6.61 Å². The van der Waals surface area contributed by atoms with Crippen molar-refractivity contribution in [1.29, 1.82) is 0 Å². The van der Waals surface area contributed by atoms with Gasteiger partial charge in [0, 0.05) is 6.04 Å². The average molecular weight is 247 g/mol. The van der Waals surface area contributed by atoms with Crippen LogP contribution in [0.25, 0.3) is 0 Å². The van der Waals surface area contributed by atoms with Gasteiger partial charge in [-0.15, -0.1) is 0 Å². The van der Waals surface area contributed by atoms with Crippen molar-refractivity contribution in [3.05, 3.63) is 29.3 Å². The molecule has 18 heavy (non-hydrogen) atoms. The zero-order valence-corrected chi connectivity index (χ0v) is 10.7. The molecule has 1 saturated carbocycles. The SMILES string of the molecule is N[C@@H]1CCCc2ccc(OCOCC3CC3)cc21. The maximum atomic E-state index is 6.13. The first-order valence-electron chi connectivity index (χ1n) is 6.92. The maximum Gasteiger partial charge on any atom is 0.189 e. The Bertz CT molecular complexity index is 415. The Balaban J connectivity index is 1.56. The topological polar surface area (TPSA) is 44.5 Å². The first-order chi connectivity index (χ1) is 8.83. The van der Waals surface area contributed by atoms with E-state index in [1.54, 1.807) is 0 Å². The number of ether oxygens (including phenoxy) is 2. The van der Waals surface area contributed by atoms with Gasteiger partial charge in [0.25, 0.3) is 0 Å². The zero-order valence-electron chi connectivity index (χ0n) is 10.7. The average Bonchev–Trinajstić information content (AvgIpc) is 3.20. The van der Waals surface area contributed by atoms with E-state index in [1.165, 1.54) is 30.4 Å². The normalized spacial score (nSPS) is 22.6. The summed E-state index contributed by atoms with van der Waals surface area (Å²) in [5.41, 5.74) is 8.76. The van der Waals surface area contributed by atoms with Crippen LogP contribution in [-0.2, 0) is 11.2 Å². The second kappa shape index (κ2) is 5.29. The van der Waals surface area contributed by atoms with Crippen molar-refractivity contribution < 1.29 is 9.47 Å². The highest BCUT2D eigenvalue weighted by atomic mass is 16.7. The van der Waals surface area contributed by atoms with Gasteiger partial charge in [0.2, 0.25) is 0 Å². The lowest BCUT2D eigenvalue weighted by Gasteiger charge is -2.22. The highest BCUT2D eigenvalue weighted by Gasteiger charge is 2.21. The van der Waals surface area contributed by atoms with E-state index in [2.05, 4.69) is 12.1 Å². The van der Waals surface area contributed by atoms with Gasteiger partial charge < -0.3 is 15.2 Å². The predicted octanol–water partition coefficient (Wildman–Crippen LogP) is 2.79. The van der Waals surface area contributed by atoms with Crippen molar-refractivity contribution in [3.8, 4) is 5.75 Å². The maximum absolute atomic E-state index is 6.13. The first kappa shape index (κ1) is 12.0. The monoisotopic (exact) mass is 247 g/mol. The van der Waals surface area contributed by atoms with E-state index >= 15 is 0 Å². The summed E-state index contributed by atoms with van der Waals surface area (Å²) in [6, 6.07) is 6.42. The Hall–Kier alpha value is -1.06. The molecule has 3 nitrogen and oxygen atoms in total. The number of nitrogens with two attached hydrogens (primary N) is 1. The van der Waals surface area contributed by atoms with Crippen LogP contribution in [0.1, 0.15) is 42.9 Å². The summed E-state index contributed by atoms with van der Waals surface area (Å²) in [6.45, 7) is 1.19. The third kappa shape index (κ3) is 2.85. The molecule has 1 atom stereocenters. The molecule has 0 bridgehead atoms. The highest BCUT2D eigenvalue weighted by Crippen LogP contribution is 2.31. The lowest BCUT2D eigenvalue weighted by atomic mass is 9.88. The minimum atomic E-state index is 0.171. The van der Waals surface area contributed by atoms with E-state index in [9.17, 15) is 0 Å². The van der Waals surface area contributed by atoms with Crippen LogP contribution in [0.4, 0.5) is 0 Å². The fourth-order valence-corrected chi connectivity index (χ4v) is 2.51. The molecule has 0 saturated heterocycles. The van der Waals surface area contributed by atoms with Crippen LogP contribution in [0.5, 0.6) is 5.75 Å². The predicted molar refractivity (Wildman–Crippen MR) is 70.5 cm³/mol. The fourth-order valence-electron chi connectivity index (χ4n) is 2.51. The fraction of sp³-hybridized carbons (Fsp3) is 0.600. The summed E-state index contributed by atoms with van der Waals surface area (Å²) < 4.78 is 11.1. The molecule has 1 aromatic rings. The van der Waals surface area contributed by atoms with Gasteiger partial charge in [0.15, 0.2) is 6.79 Å². The smallest absolute Gasteiger partial charge is 0.189 e. The van der Waals surface area contributed by atoms with Gasteiger partial charge in [-0.05, 0) is 61.3 Å². The van der Waals surface area contributed by atoms with Crippen LogP contribution >= 0.6 is 0 Å². The number of aryl methyl sites for hydroxylation is 1. The lowest BCUT2D eigenvalue weighted by Crippen LogP contribution is -2.17. The molecule has 0 aromatic heterocycles. The van der Waals surface area contributed by atoms with Gasteiger partial charge in [-0.3, -0.25) is 0 Å². The second-order valence-corrected chi connectivity index (χ2v) is 5.44. The zero-order chi connectivity index (χ0) is 12.4. The molecule has 0 amide bonds. The molecule has 3 rings (SSSR count). The summed E-state index contributed by atoms with van der Waals surface area (Å²) in [5, 5.41) is 0. The third-order valence-corrected chi connectivity index (χ3v) is 3.84. The lowest BCUT2D eigenvalue weighted by molar-refractivity contribution is 0.00991. The van der Waals surface area contributed by atoms with Crippen LogP contribution in [0.3, 0.4) is 0 Å². The van der Waals surface area contributed by atoms with Gasteiger partial charge >= 0.3 is 0 Å². The summed E-state index contributed by atoms with van der Waals surface area (Å²) >= 11 is 0. The molecule has 2 aliphatic rings. The summed E-state index contributed by atoms with van der Waals surface area (Å²) in [7, 11) is 0. The molecule has 2 aliphatic carbocycles. The molecule has 0 spiro atoms. The van der Waals surface area contributed by atoms with Crippen molar-refractivity contribution in [1.82, 2.24) is 0 Å². The largest absolute Gasteiger partial charge is 0.468 e. The van der Waals surface area contributed by atoms with E-state index in [0.717, 1.165) is 31.1 Å². The Morgan fingerprint density at radius 1 is 1.22 bits per heavy atom. The van der Waals surface area contributed by atoms with Crippen molar-refractivity contribution in [2.45, 2.75) is 38.1 Å². The van der Waals surface area contributed by atoms with Crippen molar-refractivity contribution in [3.63, 3.8) is 0 Å². The molecule has 1 fully saturated rings. The molecule has 0 heterocycles. The Labute approximate surface area is 108 Å². The molecule has 3 heteroatoms. The summed E-state index contributed by atoms with van der Waals surface area (Å²) in [5.74, 6) is 1.66. The molecule has 0 unspecified atom stereocenters. The molecule has 0 radical (unpaired) electrons. The number of hydrogen-bond acceptors (Lipinski definition) is 3. The van der Waals surface area contributed by atoms with Gasteiger partial charge in [-0.2, -0.15) is 0 Å². The van der Waals surface area contributed by atoms with Gasteiger partial charge in [-0.25, -0.2) is 0 Å². The number of benzene rings is 1. The minimum Gasteiger partial charge on any atom is -0.468 e. The number of fused-ring (bicyclic) bond motifs is 1. The Kier molecular flexibility index (Phi) is 3.52. The summed E-state index contributed by atoms with van der Waals surface area (Å²) in [4.78, 5) is 0. The van der Waals surface area contributed by atoms with Crippen LogP contribution in [0, 0.1) is 5.92 Å². The van der Waals surface area contributed by atoms with Crippen molar-refractivity contribution in [2.75, 3.05) is 13.4 Å². The molecule has 1 aromatic carbocycles. The molecular weight excluding hydrogens is 226 g/mol. The van der Waals surface area contributed by atoms with Crippen molar-refractivity contribution >= 4 is 0 Å². The third-order valence-electron chi connectivity index (χ3n) is 3.84. The van der Waals surface area contributed by atoms with E-state index in [-0.39, 0.29) is 6.04 Å². The van der Waals surface area contributed by atoms with E-state index in [0.29, 0.717) is 6.79 Å². The number of hydrogen-bond donors (Lipinski definition) is 1. The Morgan fingerprint density at radius 3 is 2.94 bits per heavy atom. The first-order valence-corrected chi connectivity index (χ1v) is 6.92. The van der Waals surface area contributed by atoms with Crippen LogP contribution in [0.15, 0.2) is 18.2 Å². The van der Waals surface area contributed by atoms with Crippen LogP contribution in [-0.4, -0.2) is 13.4 Å². The molecule has 2 N–H and O–H groups in total. The Morgan fingerprint density at radius 2 is 2.11 bits per heavy atom. The molecule has 0 aliphatic heterocycles. The van der Waals surface area contributed by atoms with Gasteiger partial charge in [0.1, 0.15) is 5.75 Å². The van der Waals surface area contributed by atoms with Crippen LogP contribution in [0.2, 0.25) is 0 Å². The van der Waals surface area contributed by atoms with Gasteiger partial charge in [-0.1, -0.05) is 6.07 Å². The minimum absolute atomic E-state index is 0.171. The standard InChI is InChI=1S/C15H21NO2/c16-15-3-1-2-12-6-7-13(8-14(12)15)18-10-17-9-11-4-5-11/h6-8,11,15H,1-5,9-10,16H2/t15-/m1/s1.